The molecule has 0 saturated carbocycles. The highest BCUT2D eigenvalue weighted by atomic mass is 16.4. The molecule has 2 N–H and O–H groups in total. The Labute approximate surface area is 76.2 Å². The molecule has 4 heteroatoms. The number of rotatable bonds is 1. The second-order valence-corrected chi connectivity index (χ2v) is 3.43. The van der Waals surface area contributed by atoms with E-state index in [0.29, 0.717) is 6.54 Å². The average Bonchev–Trinajstić information content (AvgIpc) is 2.43. The number of aryl methyl sites for hydroxylation is 1. The minimum Gasteiger partial charge on any atom is -0.481 e. The lowest BCUT2D eigenvalue weighted by Gasteiger charge is -2.19. The minimum atomic E-state index is -0.750. The SMILES string of the molecule is Cn1cc2c(c1)C(C(=O)O)CNC2. The summed E-state index contributed by atoms with van der Waals surface area (Å²) < 4.78 is 1.91. The van der Waals surface area contributed by atoms with Crippen LogP contribution in [0.15, 0.2) is 12.4 Å². The summed E-state index contributed by atoms with van der Waals surface area (Å²) in [5, 5.41) is 12.0. The Morgan fingerprint density at radius 1 is 1.69 bits per heavy atom. The Morgan fingerprint density at radius 3 is 3.15 bits per heavy atom. The van der Waals surface area contributed by atoms with Crippen molar-refractivity contribution in [1.82, 2.24) is 9.88 Å². The summed E-state index contributed by atoms with van der Waals surface area (Å²) in [6.07, 6.45) is 3.87. The van der Waals surface area contributed by atoms with Gasteiger partial charge in [0, 0.05) is 32.5 Å². The van der Waals surface area contributed by atoms with Crippen LogP contribution in [0.4, 0.5) is 0 Å². The maximum Gasteiger partial charge on any atom is 0.312 e. The van der Waals surface area contributed by atoms with Gasteiger partial charge < -0.3 is 15.0 Å². The maximum atomic E-state index is 10.9. The quantitative estimate of drug-likeness (QED) is 0.653. The monoisotopic (exact) mass is 180 g/mol. The molecule has 2 heterocycles. The van der Waals surface area contributed by atoms with Crippen molar-refractivity contribution in [3.63, 3.8) is 0 Å². The molecule has 2 rings (SSSR count). The predicted octanol–water partition coefficient (Wildman–Crippen LogP) is 0.296. The maximum absolute atomic E-state index is 10.9. The first-order chi connectivity index (χ1) is 6.18. The molecule has 13 heavy (non-hydrogen) atoms. The van der Waals surface area contributed by atoms with E-state index >= 15 is 0 Å². The Morgan fingerprint density at radius 2 is 2.46 bits per heavy atom. The van der Waals surface area contributed by atoms with Crippen LogP contribution in [0.25, 0.3) is 0 Å². The first-order valence-electron chi connectivity index (χ1n) is 4.26. The lowest BCUT2D eigenvalue weighted by molar-refractivity contribution is -0.138. The van der Waals surface area contributed by atoms with Crippen LogP contribution in [-0.2, 0) is 18.4 Å². The molecule has 1 aromatic rings. The van der Waals surface area contributed by atoms with Gasteiger partial charge in [-0.2, -0.15) is 0 Å². The Bertz CT molecular complexity index is 343. The number of fused-ring (bicyclic) bond motifs is 1. The molecule has 1 aliphatic rings. The zero-order valence-electron chi connectivity index (χ0n) is 7.45. The fraction of sp³-hybridized carbons (Fsp3) is 0.444. The van der Waals surface area contributed by atoms with Crippen molar-refractivity contribution in [3.8, 4) is 0 Å². The summed E-state index contributed by atoms with van der Waals surface area (Å²) in [7, 11) is 1.91. The molecular weight excluding hydrogens is 168 g/mol. The summed E-state index contributed by atoms with van der Waals surface area (Å²) in [6.45, 7) is 1.31. The third-order valence-electron chi connectivity index (χ3n) is 2.41. The second kappa shape index (κ2) is 2.88. The van der Waals surface area contributed by atoms with Crippen molar-refractivity contribution in [3.05, 3.63) is 23.5 Å². The molecule has 0 radical (unpaired) electrons. The lowest BCUT2D eigenvalue weighted by Crippen LogP contribution is -2.31. The van der Waals surface area contributed by atoms with E-state index in [2.05, 4.69) is 5.32 Å². The first-order valence-corrected chi connectivity index (χ1v) is 4.26. The van der Waals surface area contributed by atoms with E-state index in [-0.39, 0.29) is 5.92 Å². The van der Waals surface area contributed by atoms with Crippen molar-refractivity contribution in [2.75, 3.05) is 6.54 Å². The van der Waals surface area contributed by atoms with Crippen molar-refractivity contribution in [2.45, 2.75) is 12.5 Å². The molecule has 0 aliphatic carbocycles. The minimum absolute atomic E-state index is 0.384. The van der Waals surface area contributed by atoms with Gasteiger partial charge in [-0.1, -0.05) is 0 Å². The molecule has 0 fully saturated rings. The molecule has 70 valence electrons. The van der Waals surface area contributed by atoms with Crippen LogP contribution < -0.4 is 5.32 Å². The Balaban J connectivity index is 2.41. The fourth-order valence-electron chi connectivity index (χ4n) is 1.80. The van der Waals surface area contributed by atoms with Crippen molar-refractivity contribution >= 4 is 5.97 Å². The number of hydrogen-bond donors (Lipinski definition) is 2. The molecule has 1 atom stereocenters. The number of aliphatic carboxylic acids is 1. The summed E-state index contributed by atoms with van der Waals surface area (Å²) in [4.78, 5) is 10.9. The number of aromatic nitrogens is 1. The number of nitrogens with one attached hydrogen (secondary N) is 1. The molecule has 0 amide bonds. The number of carbonyl (C=O) groups is 1. The van der Waals surface area contributed by atoms with Gasteiger partial charge in [0.05, 0.1) is 5.92 Å². The molecule has 0 saturated heterocycles. The molecule has 1 aromatic heterocycles. The molecule has 1 unspecified atom stereocenters. The largest absolute Gasteiger partial charge is 0.481 e. The van der Waals surface area contributed by atoms with Crippen molar-refractivity contribution in [1.29, 1.82) is 0 Å². The van der Waals surface area contributed by atoms with E-state index in [1.54, 1.807) is 0 Å². The fourth-order valence-corrected chi connectivity index (χ4v) is 1.80. The molecule has 4 nitrogen and oxygen atoms in total. The predicted molar refractivity (Wildman–Crippen MR) is 47.5 cm³/mol. The number of carboxylic acid groups (broad SMARTS) is 1. The van der Waals surface area contributed by atoms with Crippen molar-refractivity contribution < 1.29 is 9.90 Å². The number of carboxylic acids is 1. The van der Waals surface area contributed by atoms with Crippen LogP contribution in [0.5, 0.6) is 0 Å². The van der Waals surface area contributed by atoms with Gasteiger partial charge in [-0.15, -0.1) is 0 Å². The summed E-state index contributed by atoms with van der Waals surface area (Å²) in [5.41, 5.74) is 2.05. The zero-order valence-corrected chi connectivity index (χ0v) is 7.45. The molecule has 0 bridgehead atoms. The van der Waals surface area contributed by atoms with Crippen molar-refractivity contribution in [2.24, 2.45) is 7.05 Å². The third kappa shape index (κ3) is 1.33. The van der Waals surface area contributed by atoms with Gasteiger partial charge in [0.15, 0.2) is 0 Å². The van der Waals surface area contributed by atoms with Gasteiger partial charge >= 0.3 is 5.97 Å². The van der Waals surface area contributed by atoms with Gasteiger partial charge in [0.25, 0.3) is 0 Å². The highest BCUT2D eigenvalue weighted by molar-refractivity contribution is 5.77. The highest BCUT2D eigenvalue weighted by Gasteiger charge is 2.26. The van der Waals surface area contributed by atoms with E-state index in [9.17, 15) is 4.79 Å². The third-order valence-corrected chi connectivity index (χ3v) is 2.41. The van der Waals surface area contributed by atoms with E-state index < -0.39 is 5.97 Å². The Kier molecular flexibility index (Phi) is 1.84. The molecule has 0 spiro atoms. The van der Waals surface area contributed by atoms with Crippen LogP contribution in [0.3, 0.4) is 0 Å². The normalized spacial score (nSPS) is 21.2. The van der Waals surface area contributed by atoms with E-state index in [4.69, 9.17) is 5.11 Å². The van der Waals surface area contributed by atoms with Crippen LogP contribution in [-0.4, -0.2) is 22.2 Å². The molecular formula is C9H12N2O2. The van der Waals surface area contributed by atoms with Crippen LogP contribution in [0.2, 0.25) is 0 Å². The smallest absolute Gasteiger partial charge is 0.312 e. The van der Waals surface area contributed by atoms with Crippen LogP contribution in [0, 0.1) is 0 Å². The zero-order chi connectivity index (χ0) is 9.42. The van der Waals surface area contributed by atoms with Gasteiger partial charge in [0.1, 0.15) is 0 Å². The van der Waals surface area contributed by atoms with Gasteiger partial charge in [0.2, 0.25) is 0 Å². The number of hydrogen-bond acceptors (Lipinski definition) is 2. The van der Waals surface area contributed by atoms with Gasteiger partial charge in [-0.05, 0) is 11.1 Å². The average molecular weight is 180 g/mol. The van der Waals surface area contributed by atoms with E-state index in [0.717, 1.165) is 17.7 Å². The van der Waals surface area contributed by atoms with Crippen LogP contribution in [0.1, 0.15) is 17.0 Å². The van der Waals surface area contributed by atoms with E-state index in [1.807, 2.05) is 24.0 Å². The van der Waals surface area contributed by atoms with Gasteiger partial charge in [-0.3, -0.25) is 4.79 Å². The molecule has 1 aliphatic heterocycles. The van der Waals surface area contributed by atoms with E-state index in [1.165, 1.54) is 0 Å². The summed E-state index contributed by atoms with van der Waals surface area (Å²) in [5.74, 6) is -1.13. The summed E-state index contributed by atoms with van der Waals surface area (Å²) >= 11 is 0. The van der Waals surface area contributed by atoms with Crippen LogP contribution >= 0.6 is 0 Å². The highest BCUT2D eigenvalue weighted by Crippen LogP contribution is 2.24. The number of nitrogens with zero attached hydrogens (tertiary/aromatic N) is 1. The summed E-state index contributed by atoms with van der Waals surface area (Å²) in [6, 6.07) is 0. The van der Waals surface area contributed by atoms with Gasteiger partial charge in [-0.25, -0.2) is 0 Å². The topological polar surface area (TPSA) is 54.3 Å². The second-order valence-electron chi connectivity index (χ2n) is 3.43. The standard InChI is InChI=1S/C9H12N2O2/c1-11-4-6-2-10-3-7(9(12)13)8(6)5-11/h4-5,7,10H,2-3H2,1H3,(H,12,13). The lowest BCUT2D eigenvalue weighted by atomic mass is 9.95. The molecule has 0 aromatic carbocycles. The Hall–Kier alpha value is -1.29. The first kappa shape index (κ1) is 8.31.